The molecule has 144 valence electrons. The lowest BCUT2D eigenvalue weighted by Crippen LogP contribution is -2.35. The molecule has 0 spiro atoms. The molecule has 4 nitrogen and oxygen atoms in total. The van der Waals surface area contributed by atoms with Gasteiger partial charge in [-0.15, -0.1) is 0 Å². The molecule has 1 aliphatic carbocycles. The first-order chi connectivity index (χ1) is 13.7. The Morgan fingerprint density at radius 2 is 1.79 bits per heavy atom. The van der Waals surface area contributed by atoms with Crippen LogP contribution in [0.15, 0.2) is 51.7 Å². The van der Waals surface area contributed by atoms with Gasteiger partial charge in [-0.1, -0.05) is 37.3 Å². The summed E-state index contributed by atoms with van der Waals surface area (Å²) in [6, 6.07) is 14.7. The number of benzene rings is 2. The van der Waals surface area contributed by atoms with Gasteiger partial charge in [-0.25, -0.2) is 4.79 Å². The van der Waals surface area contributed by atoms with Crippen LogP contribution in [0.2, 0.25) is 0 Å². The first-order valence-electron chi connectivity index (χ1n) is 10.2. The second kappa shape index (κ2) is 7.10. The standard InChI is InChI=1S/C24H25NO3/c1-16(17-7-3-2-4-8-17)13-25-14-21-22(27-15-25)12-11-19-18-9-5-6-10-20(18)24(26)28-23(19)21/h2-4,7-8,11-12,16H,5-6,9-10,13-15H2,1H3/t16-/m0/s1. The molecule has 2 heterocycles. The summed E-state index contributed by atoms with van der Waals surface area (Å²) < 4.78 is 11.9. The molecule has 0 saturated heterocycles. The van der Waals surface area contributed by atoms with Crippen molar-refractivity contribution >= 4 is 11.0 Å². The van der Waals surface area contributed by atoms with E-state index in [-0.39, 0.29) is 5.63 Å². The van der Waals surface area contributed by atoms with E-state index >= 15 is 0 Å². The number of fused-ring (bicyclic) bond motifs is 5. The predicted octanol–water partition coefficient (Wildman–Crippen LogP) is 4.63. The van der Waals surface area contributed by atoms with E-state index in [4.69, 9.17) is 9.15 Å². The van der Waals surface area contributed by atoms with Crippen LogP contribution >= 0.6 is 0 Å². The van der Waals surface area contributed by atoms with Crippen molar-refractivity contribution in [3.05, 3.63) is 75.1 Å². The van der Waals surface area contributed by atoms with Gasteiger partial charge in [0.2, 0.25) is 0 Å². The zero-order valence-electron chi connectivity index (χ0n) is 16.2. The minimum atomic E-state index is -0.162. The van der Waals surface area contributed by atoms with E-state index in [0.717, 1.165) is 66.6 Å². The number of hydrogen-bond acceptors (Lipinski definition) is 4. The van der Waals surface area contributed by atoms with Crippen molar-refractivity contribution in [2.75, 3.05) is 13.3 Å². The molecule has 0 fully saturated rings. The molecule has 1 aliphatic heterocycles. The van der Waals surface area contributed by atoms with E-state index in [1.54, 1.807) is 0 Å². The lowest BCUT2D eigenvalue weighted by Gasteiger charge is -2.31. The highest BCUT2D eigenvalue weighted by Gasteiger charge is 2.26. The fraction of sp³-hybridized carbons (Fsp3) is 0.375. The molecule has 0 amide bonds. The summed E-state index contributed by atoms with van der Waals surface area (Å²) in [5.41, 5.74) is 4.96. The molecule has 1 aromatic heterocycles. The highest BCUT2D eigenvalue weighted by molar-refractivity contribution is 5.86. The molecule has 1 atom stereocenters. The fourth-order valence-corrected chi connectivity index (χ4v) is 4.65. The van der Waals surface area contributed by atoms with Crippen molar-refractivity contribution in [3.63, 3.8) is 0 Å². The molecule has 2 aliphatic rings. The highest BCUT2D eigenvalue weighted by Crippen LogP contribution is 2.36. The Hall–Kier alpha value is -2.59. The molecular formula is C24H25NO3. The Morgan fingerprint density at radius 3 is 2.61 bits per heavy atom. The molecule has 0 saturated carbocycles. The smallest absolute Gasteiger partial charge is 0.339 e. The monoisotopic (exact) mass is 375 g/mol. The molecule has 0 unspecified atom stereocenters. The summed E-state index contributed by atoms with van der Waals surface area (Å²) in [6.45, 7) is 4.44. The Morgan fingerprint density at radius 1 is 1.00 bits per heavy atom. The molecule has 0 N–H and O–H groups in total. The van der Waals surface area contributed by atoms with Crippen LogP contribution in [-0.2, 0) is 19.4 Å². The van der Waals surface area contributed by atoms with E-state index in [1.165, 1.54) is 11.1 Å². The van der Waals surface area contributed by atoms with Crippen LogP contribution in [0.4, 0.5) is 0 Å². The highest BCUT2D eigenvalue weighted by atomic mass is 16.5. The van der Waals surface area contributed by atoms with Gasteiger partial charge in [-0.2, -0.15) is 0 Å². The number of rotatable bonds is 3. The molecule has 2 aromatic carbocycles. The van der Waals surface area contributed by atoms with Gasteiger partial charge in [-0.3, -0.25) is 4.90 Å². The summed E-state index contributed by atoms with van der Waals surface area (Å²) >= 11 is 0. The number of hydrogen-bond donors (Lipinski definition) is 0. The third-order valence-electron chi connectivity index (χ3n) is 6.14. The Bertz CT molecular complexity index is 1070. The molecule has 0 radical (unpaired) electrons. The van der Waals surface area contributed by atoms with Gasteiger partial charge in [0.05, 0.1) is 5.56 Å². The lowest BCUT2D eigenvalue weighted by molar-refractivity contribution is 0.0908. The molecule has 5 rings (SSSR count). The Kier molecular flexibility index (Phi) is 4.44. The zero-order valence-corrected chi connectivity index (χ0v) is 16.2. The molecule has 3 aromatic rings. The third kappa shape index (κ3) is 3.02. The molecular weight excluding hydrogens is 350 g/mol. The maximum atomic E-state index is 12.6. The van der Waals surface area contributed by atoms with E-state index in [9.17, 15) is 4.79 Å². The van der Waals surface area contributed by atoms with Crippen LogP contribution in [0.25, 0.3) is 11.0 Å². The quantitative estimate of drug-likeness (QED) is 0.626. The van der Waals surface area contributed by atoms with E-state index in [0.29, 0.717) is 12.6 Å². The summed E-state index contributed by atoms with van der Waals surface area (Å²) in [7, 11) is 0. The largest absolute Gasteiger partial charge is 0.478 e. The van der Waals surface area contributed by atoms with E-state index in [2.05, 4.69) is 42.2 Å². The third-order valence-corrected chi connectivity index (χ3v) is 6.14. The predicted molar refractivity (Wildman–Crippen MR) is 110 cm³/mol. The molecule has 0 bridgehead atoms. The van der Waals surface area contributed by atoms with Crippen LogP contribution in [0.3, 0.4) is 0 Å². The summed E-state index contributed by atoms with van der Waals surface area (Å²) in [4.78, 5) is 14.9. The SMILES string of the molecule is C[C@@H](CN1COc2ccc3c4c(c(=O)oc3c2C1)CCCC4)c1ccccc1. The minimum absolute atomic E-state index is 0.162. The second-order valence-electron chi connectivity index (χ2n) is 8.07. The summed E-state index contributed by atoms with van der Waals surface area (Å²) in [6.07, 6.45) is 4.01. The number of nitrogens with zero attached hydrogens (tertiary/aromatic N) is 1. The maximum absolute atomic E-state index is 12.6. The molecule has 4 heteroatoms. The van der Waals surface area contributed by atoms with Crippen LogP contribution in [0.1, 0.15) is 47.9 Å². The van der Waals surface area contributed by atoms with Crippen molar-refractivity contribution in [3.8, 4) is 5.75 Å². The van der Waals surface area contributed by atoms with Gasteiger partial charge in [-0.05, 0) is 54.9 Å². The fourth-order valence-electron chi connectivity index (χ4n) is 4.65. The Balaban J connectivity index is 1.49. The van der Waals surface area contributed by atoms with Crippen LogP contribution in [0, 0.1) is 0 Å². The van der Waals surface area contributed by atoms with Crippen LogP contribution in [-0.4, -0.2) is 18.2 Å². The first kappa shape index (κ1) is 17.5. The zero-order chi connectivity index (χ0) is 19.1. The topological polar surface area (TPSA) is 42.7 Å². The van der Waals surface area contributed by atoms with Crippen molar-refractivity contribution in [1.82, 2.24) is 4.90 Å². The van der Waals surface area contributed by atoms with Gasteiger partial charge < -0.3 is 9.15 Å². The molecule has 28 heavy (non-hydrogen) atoms. The maximum Gasteiger partial charge on any atom is 0.339 e. The van der Waals surface area contributed by atoms with Crippen molar-refractivity contribution in [1.29, 1.82) is 0 Å². The second-order valence-corrected chi connectivity index (χ2v) is 8.07. The van der Waals surface area contributed by atoms with Crippen molar-refractivity contribution in [2.45, 2.75) is 45.1 Å². The number of aryl methyl sites for hydroxylation is 1. The Labute approximate surface area is 164 Å². The average Bonchev–Trinajstić information content (AvgIpc) is 2.74. The van der Waals surface area contributed by atoms with Crippen LogP contribution in [0.5, 0.6) is 5.75 Å². The van der Waals surface area contributed by atoms with Gasteiger partial charge in [0.25, 0.3) is 0 Å². The van der Waals surface area contributed by atoms with Gasteiger partial charge in [0.1, 0.15) is 18.1 Å². The van der Waals surface area contributed by atoms with Gasteiger partial charge in [0.15, 0.2) is 0 Å². The summed E-state index contributed by atoms with van der Waals surface area (Å²) in [5.74, 6) is 1.25. The van der Waals surface area contributed by atoms with Crippen molar-refractivity contribution in [2.24, 2.45) is 0 Å². The summed E-state index contributed by atoms with van der Waals surface area (Å²) in [5, 5.41) is 1.09. The van der Waals surface area contributed by atoms with E-state index in [1.807, 2.05) is 12.1 Å². The lowest BCUT2D eigenvalue weighted by atomic mass is 9.90. The first-order valence-corrected chi connectivity index (χ1v) is 10.2. The van der Waals surface area contributed by atoms with Crippen molar-refractivity contribution < 1.29 is 9.15 Å². The van der Waals surface area contributed by atoms with Gasteiger partial charge >= 0.3 is 5.63 Å². The normalized spacial score (nSPS) is 17.6. The van der Waals surface area contributed by atoms with Gasteiger partial charge in [0, 0.05) is 24.0 Å². The van der Waals surface area contributed by atoms with Crippen LogP contribution < -0.4 is 10.4 Å². The average molecular weight is 375 g/mol. The van der Waals surface area contributed by atoms with E-state index < -0.39 is 0 Å². The minimum Gasteiger partial charge on any atom is -0.478 e. The number of ether oxygens (including phenoxy) is 1.